The van der Waals surface area contributed by atoms with Crippen molar-refractivity contribution in [3.63, 3.8) is 0 Å². The predicted octanol–water partition coefficient (Wildman–Crippen LogP) is 2.21. The van der Waals surface area contributed by atoms with Gasteiger partial charge in [0.1, 0.15) is 25.7 Å². The van der Waals surface area contributed by atoms with E-state index in [9.17, 15) is 19.8 Å². The van der Waals surface area contributed by atoms with Gasteiger partial charge in [0.05, 0.1) is 6.10 Å². The molecule has 30 heavy (non-hydrogen) atoms. The Morgan fingerprint density at radius 2 is 2.03 bits per heavy atom. The first-order chi connectivity index (χ1) is 14.2. The Bertz CT molecular complexity index is 752. The minimum absolute atomic E-state index is 0.0169. The van der Waals surface area contributed by atoms with Crippen molar-refractivity contribution < 1.29 is 33.7 Å². The highest BCUT2D eigenvalue weighted by molar-refractivity contribution is 5.95. The van der Waals surface area contributed by atoms with E-state index in [0.717, 1.165) is 6.42 Å². The SMILES string of the molecule is COCOC1C[C@@]2(C)C(=CC1=O)[C@@H](F)C[C@@H]1[C@@H]2[C@@H](O)C[C@]2(C)[C@@H](C(=O)CO)CC[C@@H]12. The Morgan fingerprint density at radius 1 is 1.30 bits per heavy atom. The lowest BCUT2D eigenvalue weighted by atomic mass is 9.45. The molecule has 0 aliphatic heterocycles. The maximum absolute atomic E-state index is 15.4. The molecule has 4 rings (SSSR count). The minimum Gasteiger partial charge on any atom is -0.393 e. The molecular weight excluding hydrogens is 391 g/mol. The smallest absolute Gasteiger partial charge is 0.184 e. The number of fused-ring (bicyclic) bond motifs is 5. The highest BCUT2D eigenvalue weighted by atomic mass is 19.1. The number of carbonyl (C=O) groups is 2. The number of ether oxygens (including phenoxy) is 2. The van der Waals surface area contributed by atoms with E-state index in [0.29, 0.717) is 24.8 Å². The predicted molar refractivity (Wildman–Crippen MR) is 106 cm³/mol. The van der Waals surface area contributed by atoms with Gasteiger partial charge in [0.2, 0.25) is 0 Å². The molecule has 168 valence electrons. The van der Waals surface area contributed by atoms with Gasteiger partial charge in [0, 0.05) is 18.4 Å². The van der Waals surface area contributed by atoms with Gasteiger partial charge in [-0.15, -0.1) is 0 Å². The molecule has 0 radical (unpaired) electrons. The third kappa shape index (κ3) is 3.12. The van der Waals surface area contributed by atoms with E-state index in [1.165, 1.54) is 13.2 Å². The van der Waals surface area contributed by atoms with Crippen LogP contribution in [0, 0.1) is 34.5 Å². The Labute approximate surface area is 176 Å². The van der Waals surface area contributed by atoms with Crippen LogP contribution in [-0.4, -0.2) is 60.7 Å². The van der Waals surface area contributed by atoms with Crippen molar-refractivity contribution >= 4 is 11.6 Å². The van der Waals surface area contributed by atoms with Gasteiger partial charge in [-0.3, -0.25) is 9.59 Å². The lowest BCUT2D eigenvalue weighted by molar-refractivity contribution is -0.164. The number of rotatable bonds is 5. The molecule has 6 nitrogen and oxygen atoms in total. The van der Waals surface area contributed by atoms with Gasteiger partial charge in [0.15, 0.2) is 11.6 Å². The number of aliphatic hydroxyl groups is 2. The topological polar surface area (TPSA) is 93.1 Å². The molecule has 7 heteroatoms. The first kappa shape index (κ1) is 22.1. The minimum atomic E-state index is -1.24. The molecule has 0 aromatic carbocycles. The van der Waals surface area contributed by atoms with E-state index in [-0.39, 0.29) is 48.5 Å². The van der Waals surface area contributed by atoms with Crippen LogP contribution in [0.4, 0.5) is 4.39 Å². The molecule has 0 heterocycles. The summed E-state index contributed by atoms with van der Waals surface area (Å²) >= 11 is 0. The van der Waals surface area contributed by atoms with Crippen molar-refractivity contribution in [2.45, 2.75) is 64.3 Å². The second-order valence-electron chi connectivity index (χ2n) is 10.2. The number of halogens is 1. The van der Waals surface area contributed by atoms with Crippen molar-refractivity contribution in [2.24, 2.45) is 34.5 Å². The number of Topliss-reactive ketones (excluding diaryl/α,β-unsaturated/α-hetero) is 1. The number of hydrogen-bond acceptors (Lipinski definition) is 6. The second-order valence-corrected chi connectivity index (χ2v) is 10.2. The molecule has 3 fully saturated rings. The largest absolute Gasteiger partial charge is 0.393 e. The second kappa shape index (κ2) is 7.76. The average molecular weight is 425 g/mol. The molecule has 0 saturated heterocycles. The molecule has 2 N–H and O–H groups in total. The maximum atomic E-state index is 15.4. The summed E-state index contributed by atoms with van der Waals surface area (Å²) in [4.78, 5) is 24.9. The number of alkyl halides is 1. The number of ketones is 2. The molecule has 0 aromatic heterocycles. The molecule has 1 unspecified atom stereocenters. The van der Waals surface area contributed by atoms with Crippen LogP contribution in [0.1, 0.15) is 46.0 Å². The quantitative estimate of drug-likeness (QED) is 0.658. The summed E-state index contributed by atoms with van der Waals surface area (Å²) < 4.78 is 26.0. The zero-order valence-electron chi connectivity index (χ0n) is 18.0. The third-order valence-corrected chi connectivity index (χ3v) is 8.82. The molecule has 3 saturated carbocycles. The van der Waals surface area contributed by atoms with Crippen molar-refractivity contribution in [2.75, 3.05) is 20.5 Å². The summed E-state index contributed by atoms with van der Waals surface area (Å²) in [5.41, 5.74) is -0.641. The van der Waals surface area contributed by atoms with E-state index >= 15 is 4.39 Å². The van der Waals surface area contributed by atoms with Gasteiger partial charge < -0.3 is 19.7 Å². The molecule has 0 spiro atoms. The highest BCUT2D eigenvalue weighted by Gasteiger charge is 2.65. The van der Waals surface area contributed by atoms with Crippen molar-refractivity contribution in [1.82, 2.24) is 0 Å². The maximum Gasteiger partial charge on any atom is 0.184 e. The number of aliphatic hydroxyl groups excluding tert-OH is 2. The van der Waals surface area contributed by atoms with Crippen molar-refractivity contribution in [1.29, 1.82) is 0 Å². The third-order valence-electron chi connectivity index (χ3n) is 8.82. The molecule has 0 amide bonds. The summed E-state index contributed by atoms with van der Waals surface area (Å²) in [5.74, 6) is -0.885. The molecular formula is C23H33FO6. The lowest BCUT2D eigenvalue weighted by Gasteiger charge is -2.60. The zero-order chi connectivity index (χ0) is 21.8. The molecule has 0 bridgehead atoms. The summed E-state index contributed by atoms with van der Waals surface area (Å²) in [5, 5.41) is 20.8. The first-order valence-electron chi connectivity index (χ1n) is 11.0. The fourth-order valence-corrected chi connectivity index (χ4v) is 7.67. The summed E-state index contributed by atoms with van der Waals surface area (Å²) in [7, 11) is 1.49. The van der Waals surface area contributed by atoms with Gasteiger partial charge in [-0.1, -0.05) is 13.8 Å². The molecule has 9 atom stereocenters. The fraction of sp³-hybridized carbons (Fsp3) is 0.826. The Hall–Kier alpha value is -1.15. The van der Waals surface area contributed by atoms with Gasteiger partial charge in [-0.2, -0.15) is 0 Å². The zero-order valence-corrected chi connectivity index (χ0v) is 18.0. The van der Waals surface area contributed by atoms with Crippen LogP contribution in [0.2, 0.25) is 0 Å². The van der Waals surface area contributed by atoms with Crippen molar-refractivity contribution in [3.05, 3.63) is 11.6 Å². The lowest BCUT2D eigenvalue weighted by Crippen LogP contribution is -2.60. The normalized spacial score (nSPS) is 47.9. The Balaban J connectivity index is 1.70. The number of methoxy groups -OCH3 is 1. The Morgan fingerprint density at radius 3 is 2.70 bits per heavy atom. The number of hydrogen-bond donors (Lipinski definition) is 2. The van der Waals surface area contributed by atoms with Gasteiger partial charge in [0.25, 0.3) is 0 Å². The summed E-state index contributed by atoms with van der Waals surface area (Å²) in [6, 6.07) is 0. The number of allylic oxidation sites excluding steroid dienone is 1. The standard InChI is InChI=1S/C23H33FO6/c1-22-8-18(27)21-12(13(22)4-5-14(22)19(28)10-25)6-16(24)15-7-17(26)20(30-11-29-3)9-23(15,21)2/h7,12-14,16,18,20-21,25,27H,4-6,8-11H2,1-3H3/t12-,13-,14+,16-,18-,20?,21+,22-,23-/m0/s1. The van der Waals surface area contributed by atoms with E-state index in [4.69, 9.17) is 9.47 Å². The van der Waals surface area contributed by atoms with Crippen LogP contribution in [0.15, 0.2) is 11.6 Å². The highest BCUT2D eigenvalue weighted by Crippen LogP contribution is 2.67. The van der Waals surface area contributed by atoms with Crippen molar-refractivity contribution in [3.8, 4) is 0 Å². The van der Waals surface area contributed by atoms with Gasteiger partial charge >= 0.3 is 0 Å². The summed E-state index contributed by atoms with van der Waals surface area (Å²) in [6.07, 6.45) is 1.24. The van der Waals surface area contributed by atoms with Gasteiger partial charge in [-0.05, 0) is 66.9 Å². The fourth-order valence-electron chi connectivity index (χ4n) is 7.67. The monoisotopic (exact) mass is 424 g/mol. The van der Waals surface area contributed by atoms with Crippen LogP contribution in [0.5, 0.6) is 0 Å². The van der Waals surface area contributed by atoms with E-state index < -0.39 is 35.8 Å². The molecule has 4 aliphatic rings. The van der Waals surface area contributed by atoms with Crippen LogP contribution >= 0.6 is 0 Å². The van der Waals surface area contributed by atoms with E-state index in [1.807, 2.05) is 13.8 Å². The van der Waals surface area contributed by atoms with Crippen LogP contribution < -0.4 is 0 Å². The van der Waals surface area contributed by atoms with Gasteiger partial charge in [-0.25, -0.2) is 4.39 Å². The van der Waals surface area contributed by atoms with Crippen LogP contribution in [0.3, 0.4) is 0 Å². The van der Waals surface area contributed by atoms with Crippen LogP contribution in [-0.2, 0) is 19.1 Å². The number of carbonyl (C=O) groups excluding carboxylic acids is 2. The van der Waals surface area contributed by atoms with Crippen LogP contribution in [0.25, 0.3) is 0 Å². The first-order valence-corrected chi connectivity index (χ1v) is 11.0. The summed E-state index contributed by atoms with van der Waals surface area (Å²) in [6.45, 7) is 3.47. The Kier molecular flexibility index (Phi) is 5.71. The molecule has 0 aromatic rings. The van der Waals surface area contributed by atoms with E-state index in [1.54, 1.807) is 0 Å². The average Bonchev–Trinajstić information content (AvgIpc) is 3.03. The van der Waals surface area contributed by atoms with E-state index in [2.05, 4.69) is 0 Å². The molecule has 4 aliphatic carbocycles.